The van der Waals surface area contributed by atoms with Gasteiger partial charge in [-0.05, 0) is 61.9 Å². The number of aromatic nitrogens is 2. The van der Waals surface area contributed by atoms with Gasteiger partial charge in [0.15, 0.2) is 0 Å². The highest BCUT2D eigenvalue weighted by molar-refractivity contribution is 7.16. The number of nitrogens with one attached hydrogen (secondary N) is 1. The summed E-state index contributed by atoms with van der Waals surface area (Å²) in [6.45, 7) is 4.26. The smallest absolute Gasteiger partial charge is 0.141 e. The summed E-state index contributed by atoms with van der Waals surface area (Å²) in [5, 5.41) is 0.905. The van der Waals surface area contributed by atoms with Crippen molar-refractivity contribution in [2.24, 2.45) is 0 Å². The van der Waals surface area contributed by atoms with E-state index in [1.54, 1.807) is 11.3 Å². The van der Waals surface area contributed by atoms with Gasteiger partial charge in [0.05, 0.1) is 21.6 Å². The van der Waals surface area contributed by atoms with Crippen molar-refractivity contribution in [3.63, 3.8) is 0 Å². The van der Waals surface area contributed by atoms with E-state index in [9.17, 15) is 0 Å². The molecule has 0 saturated carbocycles. The van der Waals surface area contributed by atoms with Crippen LogP contribution in [0.3, 0.4) is 0 Å². The van der Waals surface area contributed by atoms with Gasteiger partial charge in [0.1, 0.15) is 5.82 Å². The van der Waals surface area contributed by atoms with Crippen LogP contribution in [0, 0.1) is 13.8 Å². The van der Waals surface area contributed by atoms with Crippen LogP contribution in [0.25, 0.3) is 22.4 Å². The van der Waals surface area contributed by atoms with Crippen molar-refractivity contribution < 1.29 is 0 Å². The van der Waals surface area contributed by atoms with E-state index < -0.39 is 0 Å². The molecule has 1 aliphatic carbocycles. The Bertz CT molecular complexity index is 787. The quantitative estimate of drug-likeness (QED) is 0.709. The summed E-state index contributed by atoms with van der Waals surface area (Å²) < 4.78 is 0. The van der Waals surface area contributed by atoms with Crippen molar-refractivity contribution in [1.82, 2.24) is 9.97 Å². The first-order valence-electron chi connectivity index (χ1n) is 7.01. The van der Waals surface area contributed by atoms with Crippen LogP contribution >= 0.6 is 11.3 Å². The van der Waals surface area contributed by atoms with E-state index in [0.717, 1.165) is 33.8 Å². The summed E-state index contributed by atoms with van der Waals surface area (Å²) in [5.41, 5.74) is 13.5. The molecule has 102 valence electrons. The van der Waals surface area contributed by atoms with Crippen molar-refractivity contribution >= 4 is 27.4 Å². The molecule has 3 N–H and O–H groups in total. The zero-order chi connectivity index (χ0) is 13.9. The molecule has 0 amide bonds. The molecule has 1 aromatic carbocycles. The van der Waals surface area contributed by atoms with E-state index in [1.807, 2.05) is 0 Å². The second kappa shape index (κ2) is 4.09. The predicted octanol–water partition coefficient (Wildman–Crippen LogP) is 3.98. The van der Waals surface area contributed by atoms with Crippen LogP contribution in [-0.4, -0.2) is 9.97 Å². The summed E-state index contributed by atoms with van der Waals surface area (Å²) in [7, 11) is 0. The van der Waals surface area contributed by atoms with Crippen molar-refractivity contribution in [2.45, 2.75) is 33.1 Å². The number of rotatable bonds is 1. The molecular formula is C16H17N3S. The van der Waals surface area contributed by atoms with Gasteiger partial charge < -0.3 is 10.7 Å². The van der Waals surface area contributed by atoms with E-state index in [0.29, 0.717) is 0 Å². The largest absolute Gasteiger partial charge is 0.390 e. The number of hydrogen-bond acceptors (Lipinski definition) is 3. The lowest BCUT2D eigenvalue weighted by Gasteiger charge is -1.98. The maximum absolute atomic E-state index is 6.22. The average molecular weight is 283 g/mol. The highest BCUT2D eigenvalue weighted by Crippen LogP contribution is 2.42. The summed E-state index contributed by atoms with van der Waals surface area (Å²) in [4.78, 5) is 9.67. The van der Waals surface area contributed by atoms with Crippen molar-refractivity contribution in [1.29, 1.82) is 0 Å². The van der Waals surface area contributed by atoms with Crippen LogP contribution in [0.1, 0.15) is 28.0 Å². The highest BCUT2D eigenvalue weighted by atomic mass is 32.1. The summed E-state index contributed by atoms with van der Waals surface area (Å²) >= 11 is 1.73. The molecule has 1 aliphatic rings. The first-order valence-corrected chi connectivity index (χ1v) is 7.82. The molecule has 4 rings (SSSR count). The lowest BCUT2D eigenvalue weighted by molar-refractivity contribution is 0.915. The van der Waals surface area contributed by atoms with Crippen LogP contribution in [0.15, 0.2) is 12.1 Å². The third-order valence-corrected chi connectivity index (χ3v) is 5.40. The Morgan fingerprint density at radius 2 is 2.00 bits per heavy atom. The number of nitrogens with zero attached hydrogens (tertiary/aromatic N) is 1. The maximum Gasteiger partial charge on any atom is 0.141 e. The Kier molecular flexibility index (Phi) is 2.45. The molecule has 0 fully saturated rings. The summed E-state index contributed by atoms with van der Waals surface area (Å²) in [5.74, 6) is 0.932. The standard InChI is InChI=1S/C16H17N3S/c1-8-6-11-12(7-9(8)2)19-16(18-11)14-10-4-3-5-13(10)20-15(14)17/h6-7H,3-5,17H2,1-2H3,(H,18,19). The number of aryl methyl sites for hydroxylation is 3. The molecule has 3 nitrogen and oxygen atoms in total. The lowest BCUT2D eigenvalue weighted by atomic mass is 10.1. The predicted molar refractivity (Wildman–Crippen MR) is 85.3 cm³/mol. The van der Waals surface area contributed by atoms with Gasteiger partial charge >= 0.3 is 0 Å². The SMILES string of the molecule is Cc1cc2nc(-c3c(N)sc4c3CCC4)[nH]c2cc1C. The normalized spacial score (nSPS) is 14.1. The van der Waals surface area contributed by atoms with E-state index in [4.69, 9.17) is 10.7 Å². The molecule has 0 atom stereocenters. The van der Waals surface area contributed by atoms with Crippen molar-refractivity contribution in [3.8, 4) is 11.4 Å². The van der Waals surface area contributed by atoms with Crippen molar-refractivity contribution in [3.05, 3.63) is 33.7 Å². The average Bonchev–Trinajstić information content (AvgIpc) is 3.03. The number of nitrogens with two attached hydrogens (primary N) is 1. The van der Waals surface area contributed by atoms with Gasteiger partial charge in [-0.2, -0.15) is 0 Å². The fourth-order valence-corrected chi connectivity index (χ4v) is 4.23. The Morgan fingerprint density at radius 3 is 2.85 bits per heavy atom. The van der Waals surface area contributed by atoms with Gasteiger partial charge in [-0.3, -0.25) is 0 Å². The number of H-pyrrole nitrogens is 1. The number of nitrogen functional groups attached to an aromatic ring is 1. The summed E-state index contributed by atoms with van der Waals surface area (Å²) in [6, 6.07) is 4.32. The van der Waals surface area contributed by atoms with Crippen LogP contribution in [0.4, 0.5) is 5.00 Å². The zero-order valence-corrected chi connectivity index (χ0v) is 12.5. The molecule has 20 heavy (non-hydrogen) atoms. The second-order valence-electron chi connectivity index (χ2n) is 5.64. The third-order valence-electron chi connectivity index (χ3n) is 4.28. The van der Waals surface area contributed by atoms with Gasteiger partial charge in [0.25, 0.3) is 0 Å². The van der Waals surface area contributed by atoms with Gasteiger partial charge in [-0.25, -0.2) is 4.98 Å². The number of fused-ring (bicyclic) bond motifs is 2. The fraction of sp³-hybridized carbons (Fsp3) is 0.312. The van der Waals surface area contributed by atoms with Gasteiger partial charge in [0.2, 0.25) is 0 Å². The van der Waals surface area contributed by atoms with E-state index in [-0.39, 0.29) is 0 Å². The van der Waals surface area contributed by atoms with E-state index in [1.165, 1.54) is 34.4 Å². The highest BCUT2D eigenvalue weighted by Gasteiger charge is 2.23. The van der Waals surface area contributed by atoms with Gasteiger partial charge in [-0.15, -0.1) is 11.3 Å². The van der Waals surface area contributed by atoms with Crippen LogP contribution in [0.5, 0.6) is 0 Å². The molecular weight excluding hydrogens is 266 g/mol. The Hall–Kier alpha value is -1.81. The molecule has 2 aromatic heterocycles. The minimum Gasteiger partial charge on any atom is -0.390 e. The minimum absolute atomic E-state index is 0.905. The van der Waals surface area contributed by atoms with Crippen LogP contribution < -0.4 is 5.73 Å². The van der Waals surface area contributed by atoms with Crippen LogP contribution in [-0.2, 0) is 12.8 Å². The lowest BCUT2D eigenvalue weighted by Crippen LogP contribution is -1.89. The topological polar surface area (TPSA) is 54.7 Å². The molecule has 0 unspecified atom stereocenters. The number of benzene rings is 1. The fourth-order valence-electron chi connectivity index (χ4n) is 3.07. The molecule has 3 aromatic rings. The first kappa shape index (κ1) is 12.0. The minimum atomic E-state index is 0.905. The molecule has 0 aliphatic heterocycles. The molecule has 0 bridgehead atoms. The monoisotopic (exact) mass is 283 g/mol. The Labute approximate surface area is 121 Å². The maximum atomic E-state index is 6.22. The van der Waals surface area contributed by atoms with Gasteiger partial charge in [0, 0.05) is 4.88 Å². The van der Waals surface area contributed by atoms with Gasteiger partial charge in [-0.1, -0.05) is 0 Å². The second-order valence-corrected chi connectivity index (χ2v) is 6.77. The summed E-state index contributed by atoms with van der Waals surface area (Å²) in [6.07, 6.45) is 3.54. The van der Waals surface area contributed by atoms with E-state index >= 15 is 0 Å². The Morgan fingerprint density at radius 1 is 1.20 bits per heavy atom. The number of hydrogen-bond donors (Lipinski definition) is 2. The first-order chi connectivity index (χ1) is 9.63. The van der Waals surface area contributed by atoms with Crippen molar-refractivity contribution in [2.75, 3.05) is 5.73 Å². The molecule has 0 saturated heterocycles. The molecule has 0 radical (unpaired) electrons. The number of aromatic amines is 1. The number of thiophene rings is 1. The zero-order valence-electron chi connectivity index (χ0n) is 11.7. The Balaban J connectivity index is 1.95. The third kappa shape index (κ3) is 1.61. The molecule has 4 heteroatoms. The number of anilines is 1. The molecule has 2 heterocycles. The molecule has 0 spiro atoms. The van der Waals surface area contributed by atoms with E-state index in [2.05, 4.69) is 31.0 Å². The number of imidazole rings is 1. The van der Waals surface area contributed by atoms with Crippen LogP contribution in [0.2, 0.25) is 0 Å².